The van der Waals surface area contributed by atoms with Crippen LogP contribution in [0.1, 0.15) is 18.9 Å². The molecule has 0 amide bonds. The van der Waals surface area contributed by atoms with E-state index >= 15 is 0 Å². The number of anilines is 2. The number of rotatable bonds is 6. The predicted molar refractivity (Wildman–Crippen MR) is 82.9 cm³/mol. The van der Waals surface area contributed by atoms with Crippen LogP contribution in [-0.2, 0) is 6.54 Å². The van der Waals surface area contributed by atoms with Gasteiger partial charge in [-0.2, -0.15) is 0 Å². The summed E-state index contributed by atoms with van der Waals surface area (Å²) in [6, 6.07) is 11.2. The third-order valence-electron chi connectivity index (χ3n) is 3.40. The van der Waals surface area contributed by atoms with Gasteiger partial charge in [0.15, 0.2) is 0 Å². The van der Waals surface area contributed by atoms with E-state index in [-0.39, 0.29) is 11.6 Å². The fourth-order valence-corrected chi connectivity index (χ4v) is 2.23. The second kappa shape index (κ2) is 7.18. The van der Waals surface area contributed by atoms with Crippen LogP contribution in [0.15, 0.2) is 42.5 Å². The Labute approximate surface area is 124 Å². The molecule has 0 saturated heterocycles. The lowest BCUT2D eigenvalue weighted by Crippen LogP contribution is -2.19. The Hall–Kier alpha value is -1.94. The summed E-state index contributed by atoms with van der Waals surface area (Å²) in [7, 11) is 1.85. The predicted octanol–water partition coefficient (Wildman–Crippen LogP) is 4.23. The zero-order valence-electron chi connectivity index (χ0n) is 12.4. The summed E-state index contributed by atoms with van der Waals surface area (Å²) in [6.45, 7) is 3.38. The van der Waals surface area contributed by atoms with Crippen molar-refractivity contribution in [2.75, 3.05) is 18.5 Å². The summed E-state index contributed by atoms with van der Waals surface area (Å²) in [5.74, 6) is -0.513. The second-order valence-electron chi connectivity index (χ2n) is 4.95. The van der Waals surface area contributed by atoms with Crippen LogP contribution in [0.2, 0.25) is 0 Å². The third-order valence-corrected chi connectivity index (χ3v) is 3.40. The number of benzene rings is 2. The van der Waals surface area contributed by atoms with E-state index < -0.39 is 0 Å². The minimum atomic E-state index is -0.281. The van der Waals surface area contributed by atoms with Crippen LogP contribution in [0.4, 0.5) is 20.2 Å². The van der Waals surface area contributed by atoms with Crippen molar-refractivity contribution >= 4 is 11.4 Å². The van der Waals surface area contributed by atoms with E-state index in [4.69, 9.17) is 0 Å². The van der Waals surface area contributed by atoms with Crippen molar-refractivity contribution in [1.29, 1.82) is 0 Å². The topological polar surface area (TPSA) is 15.3 Å². The average Bonchev–Trinajstić information content (AvgIpc) is 2.49. The van der Waals surface area contributed by atoms with Gasteiger partial charge in [0.2, 0.25) is 0 Å². The molecule has 4 heteroatoms. The molecule has 0 saturated carbocycles. The highest BCUT2D eigenvalue weighted by Crippen LogP contribution is 2.28. The Kier molecular flexibility index (Phi) is 5.28. The minimum absolute atomic E-state index is 0.231. The lowest BCUT2D eigenvalue weighted by atomic mass is 10.1. The monoisotopic (exact) mass is 290 g/mol. The maximum atomic E-state index is 14.1. The minimum Gasteiger partial charge on any atom is -0.344 e. The first-order valence-electron chi connectivity index (χ1n) is 7.11. The molecule has 2 aromatic rings. The van der Waals surface area contributed by atoms with Gasteiger partial charge in [-0.05, 0) is 49.4 Å². The Morgan fingerprint density at radius 3 is 2.43 bits per heavy atom. The van der Waals surface area contributed by atoms with Crippen LogP contribution in [0.3, 0.4) is 0 Å². The molecule has 0 spiro atoms. The summed E-state index contributed by atoms with van der Waals surface area (Å²) in [5.41, 5.74) is 2.22. The van der Waals surface area contributed by atoms with Crippen molar-refractivity contribution < 1.29 is 8.78 Å². The molecule has 0 bridgehead atoms. The van der Waals surface area contributed by atoms with Crippen LogP contribution < -0.4 is 10.2 Å². The molecule has 0 unspecified atom stereocenters. The van der Waals surface area contributed by atoms with Crippen molar-refractivity contribution in [2.24, 2.45) is 0 Å². The summed E-state index contributed by atoms with van der Waals surface area (Å²) >= 11 is 0. The second-order valence-corrected chi connectivity index (χ2v) is 4.95. The van der Waals surface area contributed by atoms with E-state index in [1.54, 1.807) is 18.2 Å². The normalized spacial score (nSPS) is 10.7. The van der Waals surface area contributed by atoms with E-state index in [0.717, 1.165) is 24.3 Å². The Bertz CT molecular complexity index is 582. The summed E-state index contributed by atoms with van der Waals surface area (Å²) < 4.78 is 27.1. The first kappa shape index (κ1) is 15.4. The molecule has 1 N–H and O–H groups in total. The molecular weight excluding hydrogens is 270 g/mol. The molecule has 0 aromatic heterocycles. The zero-order valence-corrected chi connectivity index (χ0v) is 12.4. The molecule has 21 heavy (non-hydrogen) atoms. The molecule has 0 atom stereocenters. The maximum absolute atomic E-state index is 14.1. The fourth-order valence-electron chi connectivity index (χ4n) is 2.23. The molecule has 0 fully saturated rings. The van der Waals surface area contributed by atoms with Crippen LogP contribution in [-0.4, -0.2) is 13.6 Å². The molecule has 2 rings (SSSR count). The van der Waals surface area contributed by atoms with Gasteiger partial charge in [-0.25, -0.2) is 8.78 Å². The number of hydrogen-bond acceptors (Lipinski definition) is 2. The van der Waals surface area contributed by atoms with Crippen LogP contribution in [0, 0.1) is 11.6 Å². The largest absolute Gasteiger partial charge is 0.344 e. The van der Waals surface area contributed by atoms with E-state index in [1.165, 1.54) is 18.2 Å². The van der Waals surface area contributed by atoms with Gasteiger partial charge in [0.1, 0.15) is 11.6 Å². The van der Waals surface area contributed by atoms with Crippen LogP contribution in [0.5, 0.6) is 0 Å². The molecular formula is C17H20F2N2. The van der Waals surface area contributed by atoms with Gasteiger partial charge in [0.05, 0.1) is 0 Å². The van der Waals surface area contributed by atoms with E-state index in [2.05, 4.69) is 12.2 Å². The van der Waals surface area contributed by atoms with Crippen molar-refractivity contribution in [3.63, 3.8) is 0 Å². The van der Waals surface area contributed by atoms with Gasteiger partial charge in [-0.15, -0.1) is 0 Å². The maximum Gasteiger partial charge on any atom is 0.129 e. The van der Waals surface area contributed by atoms with Gasteiger partial charge in [0, 0.05) is 30.5 Å². The number of halogens is 2. The van der Waals surface area contributed by atoms with Gasteiger partial charge in [-0.3, -0.25) is 0 Å². The Balaban J connectivity index is 2.29. The molecule has 0 aliphatic heterocycles. The highest BCUT2D eigenvalue weighted by Gasteiger charge is 2.13. The van der Waals surface area contributed by atoms with Crippen molar-refractivity contribution in [3.05, 3.63) is 59.7 Å². The fraction of sp³-hybridized carbons (Fsp3) is 0.294. The van der Waals surface area contributed by atoms with E-state index in [0.29, 0.717) is 12.1 Å². The molecule has 0 heterocycles. The molecule has 0 radical (unpaired) electrons. The van der Waals surface area contributed by atoms with Crippen molar-refractivity contribution in [3.8, 4) is 0 Å². The third kappa shape index (κ3) is 3.79. The van der Waals surface area contributed by atoms with Gasteiger partial charge in [-0.1, -0.05) is 13.0 Å². The first-order chi connectivity index (χ1) is 10.1. The Morgan fingerprint density at radius 1 is 1.05 bits per heavy atom. The van der Waals surface area contributed by atoms with Crippen molar-refractivity contribution in [2.45, 2.75) is 19.9 Å². The molecule has 2 aromatic carbocycles. The average molecular weight is 290 g/mol. The molecule has 2 nitrogen and oxygen atoms in total. The number of nitrogens with one attached hydrogen (secondary N) is 1. The van der Waals surface area contributed by atoms with Gasteiger partial charge in [0.25, 0.3) is 0 Å². The SMILES string of the molecule is CCCNCc1c(F)cccc1N(C)c1ccc(F)cc1. The standard InChI is InChI=1S/C17H20F2N2/c1-3-11-20-12-15-16(19)5-4-6-17(15)21(2)14-9-7-13(18)8-10-14/h4-10,20H,3,11-12H2,1-2H3. The summed E-state index contributed by atoms with van der Waals surface area (Å²) in [4.78, 5) is 1.87. The summed E-state index contributed by atoms with van der Waals surface area (Å²) in [6.07, 6.45) is 0.998. The van der Waals surface area contributed by atoms with E-state index in [1.807, 2.05) is 18.0 Å². The molecule has 0 aliphatic carbocycles. The smallest absolute Gasteiger partial charge is 0.129 e. The quantitative estimate of drug-likeness (QED) is 0.801. The highest BCUT2D eigenvalue weighted by atomic mass is 19.1. The zero-order chi connectivity index (χ0) is 15.2. The van der Waals surface area contributed by atoms with Crippen LogP contribution in [0.25, 0.3) is 0 Å². The number of nitrogens with zero attached hydrogens (tertiary/aromatic N) is 1. The van der Waals surface area contributed by atoms with Crippen molar-refractivity contribution in [1.82, 2.24) is 5.32 Å². The molecule has 0 aliphatic rings. The lowest BCUT2D eigenvalue weighted by molar-refractivity contribution is 0.586. The van der Waals surface area contributed by atoms with E-state index in [9.17, 15) is 8.78 Å². The first-order valence-corrected chi connectivity index (χ1v) is 7.11. The Morgan fingerprint density at radius 2 is 1.76 bits per heavy atom. The van der Waals surface area contributed by atoms with Gasteiger partial charge < -0.3 is 10.2 Å². The van der Waals surface area contributed by atoms with Crippen LogP contribution >= 0.6 is 0 Å². The summed E-state index contributed by atoms with van der Waals surface area (Å²) in [5, 5.41) is 3.22. The number of hydrogen-bond donors (Lipinski definition) is 1. The lowest BCUT2D eigenvalue weighted by Gasteiger charge is -2.23. The highest BCUT2D eigenvalue weighted by molar-refractivity contribution is 5.65. The van der Waals surface area contributed by atoms with Gasteiger partial charge >= 0.3 is 0 Å². The molecule has 112 valence electrons.